The van der Waals surface area contributed by atoms with Crippen LogP contribution in [0.25, 0.3) is 11.0 Å². The highest BCUT2D eigenvalue weighted by molar-refractivity contribution is 5.88. The largest absolute Gasteiger partial charge is 0.497 e. The van der Waals surface area contributed by atoms with Crippen LogP contribution >= 0.6 is 0 Å². The maximum Gasteiger partial charge on any atom is 0.227 e. The molecule has 0 radical (unpaired) electrons. The maximum atomic E-state index is 13.4. The molecule has 1 heterocycles. The van der Waals surface area contributed by atoms with Gasteiger partial charge in [-0.3, -0.25) is 4.79 Å². The van der Waals surface area contributed by atoms with Gasteiger partial charge in [-0.05, 0) is 36.8 Å². The Kier molecular flexibility index (Phi) is 4.93. The molecule has 0 N–H and O–H groups in total. The van der Waals surface area contributed by atoms with Gasteiger partial charge in [0.05, 0.1) is 25.8 Å². The third-order valence-electron chi connectivity index (χ3n) is 4.60. The lowest BCUT2D eigenvalue weighted by atomic mass is 10.1. The summed E-state index contributed by atoms with van der Waals surface area (Å²) in [4.78, 5) is 14.1. The molecule has 2 aromatic carbocycles. The van der Waals surface area contributed by atoms with Gasteiger partial charge in [-0.2, -0.15) is 0 Å². The number of carbonyl (C=O) groups excluding carboxylic acids is 1. The lowest BCUT2D eigenvalue weighted by Gasteiger charge is -2.25. The number of ether oxygens (including phenoxy) is 1. The molecule has 136 valence electrons. The third-order valence-corrected chi connectivity index (χ3v) is 4.60. The van der Waals surface area contributed by atoms with Gasteiger partial charge in [-0.15, -0.1) is 0 Å². The van der Waals surface area contributed by atoms with Crippen molar-refractivity contribution in [3.63, 3.8) is 0 Å². The van der Waals surface area contributed by atoms with Gasteiger partial charge in [0.15, 0.2) is 11.6 Å². The van der Waals surface area contributed by atoms with E-state index in [0.717, 1.165) is 23.1 Å². The number of carbonyl (C=O) groups is 1. The summed E-state index contributed by atoms with van der Waals surface area (Å²) in [6.45, 7) is 1.77. The van der Waals surface area contributed by atoms with Gasteiger partial charge in [0.2, 0.25) is 5.91 Å². The number of methoxy groups -OCH3 is 1. The van der Waals surface area contributed by atoms with Crippen molar-refractivity contribution in [2.45, 2.75) is 19.4 Å². The topological polar surface area (TPSA) is 42.7 Å². The third kappa shape index (κ3) is 3.40. The smallest absolute Gasteiger partial charge is 0.227 e. The number of benzene rings is 2. The van der Waals surface area contributed by atoms with E-state index in [1.54, 1.807) is 39.5 Å². The Hall–Kier alpha value is -2.89. The molecule has 0 spiro atoms. The molecule has 1 atom stereocenters. The van der Waals surface area contributed by atoms with Crippen LogP contribution in [0, 0.1) is 11.6 Å². The minimum Gasteiger partial charge on any atom is -0.497 e. The summed E-state index contributed by atoms with van der Waals surface area (Å²) in [7, 11) is 3.21. The molecule has 0 saturated heterocycles. The van der Waals surface area contributed by atoms with Crippen LogP contribution < -0.4 is 4.74 Å². The summed E-state index contributed by atoms with van der Waals surface area (Å²) in [5, 5.41) is 0.841. The Bertz CT molecular complexity index is 951. The predicted octanol–water partition coefficient (Wildman–Crippen LogP) is 4.48. The van der Waals surface area contributed by atoms with Crippen LogP contribution in [-0.2, 0) is 11.2 Å². The number of amides is 1. The van der Waals surface area contributed by atoms with Crippen molar-refractivity contribution in [2.24, 2.45) is 0 Å². The summed E-state index contributed by atoms with van der Waals surface area (Å²) in [6.07, 6.45) is 1.70. The van der Waals surface area contributed by atoms with Gasteiger partial charge >= 0.3 is 0 Å². The summed E-state index contributed by atoms with van der Waals surface area (Å²) in [5.41, 5.74) is 1.93. The van der Waals surface area contributed by atoms with E-state index < -0.39 is 17.7 Å². The molecule has 6 heteroatoms. The number of likely N-dealkylation sites (N-methyl/N-ethyl adjacent to an activating group) is 1. The van der Waals surface area contributed by atoms with Gasteiger partial charge in [0.1, 0.15) is 11.3 Å². The van der Waals surface area contributed by atoms with E-state index in [0.29, 0.717) is 16.9 Å². The van der Waals surface area contributed by atoms with Crippen LogP contribution in [0.1, 0.15) is 24.1 Å². The van der Waals surface area contributed by atoms with Crippen LogP contribution in [0.15, 0.2) is 47.1 Å². The molecule has 0 bridgehead atoms. The molecule has 0 fully saturated rings. The molecule has 26 heavy (non-hydrogen) atoms. The summed E-state index contributed by atoms with van der Waals surface area (Å²) in [6, 6.07) is 8.68. The fourth-order valence-electron chi connectivity index (χ4n) is 2.83. The second kappa shape index (κ2) is 7.15. The number of fused-ring (bicyclic) bond motifs is 1. The highest BCUT2D eigenvalue weighted by Gasteiger charge is 2.20. The standard InChI is InChI=1S/C20H19F2NO3/c1-12(13-4-7-17(21)18(22)8-13)23(2)20(24)9-14-11-26-19-10-15(25-3)5-6-16(14)19/h4-8,10-12H,9H2,1-3H3. The van der Waals surface area contributed by atoms with Gasteiger partial charge in [-0.25, -0.2) is 8.78 Å². The molecule has 1 aromatic heterocycles. The number of nitrogens with zero attached hydrogens (tertiary/aromatic N) is 1. The Morgan fingerprint density at radius 2 is 1.96 bits per heavy atom. The fraction of sp³-hybridized carbons (Fsp3) is 0.250. The van der Waals surface area contributed by atoms with E-state index in [4.69, 9.17) is 9.15 Å². The van der Waals surface area contributed by atoms with Gasteiger partial charge in [0.25, 0.3) is 0 Å². The van der Waals surface area contributed by atoms with Crippen LogP contribution in [0.2, 0.25) is 0 Å². The zero-order valence-electron chi connectivity index (χ0n) is 14.8. The van der Waals surface area contributed by atoms with Crippen LogP contribution in [0.5, 0.6) is 5.75 Å². The average molecular weight is 359 g/mol. The SMILES string of the molecule is COc1ccc2c(CC(=O)N(C)C(C)c3ccc(F)c(F)c3)coc2c1. The molecule has 3 aromatic rings. The van der Waals surface area contributed by atoms with Gasteiger partial charge in [-0.1, -0.05) is 6.07 Å². The van der Waals surface area contributed by atoms with E-state index in [9.17, 15) is 13.6 Å². The molecule has 0 aliphatic rings. The Labute approximate surface area is 150 Å². The Morgan fingerprint density at radius 1 is 1.19 bits per heavy atom. The van der Waals surface area contributed by atoms with Crippen LogP contribution in [0.4, 0.5) is 8.78 Å². The highest BCUT2D eigenvalue weighted by atomic mass is 19.2. The number of halogens is 2. The fourth-order valence-corrected chi connectivity index (χ4v) is 2.83. The Balaban J connectivity index is 1.77. The highest BCUT2D eigenvalue weighted by Crippen LogP contribution is 2.27. The zero-order valence-corrected chi connectivity index (χ0v) is 14.8. The monoisotopic (exact) mass is 359 g/mol. The van der Waals surface area contributed by atoms with Gasteiger partial charge in [0, 0.05) is 24.1 Å². The second-order valence-electron chi connectivity index (χ2n) is 6.15. The van der Waals surface area contributed by atoms with E-state index in [2.05, 4.69) is 0 Å². The van der Waals surface area contributed by atoms with Crippen molar-refractivity contribution < 1.29 is 22.7 Å². The van der Waals surface area contributed by atoms with Crippen LogP contribution in [-0.4, -0.2) is 25.0 Å². The number of hydrogen-bond acceptors (Lipinski definition) is 3. The predicted molar refractivity (Wildman–Crippen MR) is 94.0 cm³/mol. The van der Waals surface area contributed by atoms with Gasteiger partial charge < -0.3 is 14.1 Å². The first-order valence-corrected chi connectivity index (χ1v) is 8.15. The minimum absolute atomic E-state index is 0.143. The Morgan fingerprint density at radius 3 is 2.65 bits per heavy atom. The van der Waals surface area contributed by atoms with E-state index in [-0.39, 0.29) is 12.3 Å². The van der Waals surface area contributed by atoms with Crippen molar-refractivity contribution in [1.29, 1.82) is 0 Å². The lowest BCUT2D eigenvalue weighted by molar-refractivity contribution is -0.131. The molecular formula is C20H19F2NO3. The van der Waals surface area contributed by atoms with Crippen molar-refractivity contribution in [3.05, 3.63) is 65.4 Å². The molecule has 4 nitrogen and oxygen atoms in total. The van der Waals surface area contributed by atoms with Crippen LogP contribution in [0.3, 0.4) is 0 Å². The molecule has 1 unspecified atom stereocenters. The molecular weight excluding hydrogens is 340 g/mol. The van der Waals surface area contributed by atoms with E-state index >= 15 is 0 Å². The quantitative estimate of drug-likeness (QED) is 0.674. The molecule has 1 amide bonds. The van der Waals surface area contributed by atoms with E-state index in [1.807, 2.05) is 6.07 Å². The normalized spacial score (nSPS) is 12.2. The second-order valence-corrected chi connectivity index (χ2v) is 6.15. The first-order valence-electron chi connectivity index (χ1n) is 8.15. The molecule has 0 aliphatic heterocycles. The zero-order chi connectivity index (χ0) is 18.8. The molecule has 0 saturated carbocycles. The lowest BCUT2D eigenvalue weighted by Crippen LogP contribution is -2.31. The number of furan rings is 1. The summed E-state index contributed by atoms with van der Waals surface area (Å²) >= 11 is 0. The summed E-state index contributed by atoms with van der Waals surface area (Å²) < 4.78 is 37.2. The van der Waals surface area contributed by atoms with Crippen molar-refractivity contribution in [1.82, 2.24) is 4.90 Å². The molecule has 0 aliphatic carbocycles. The average Bonchev–Trinajstić information content (AvgIpc) is 3.04. The van der Waals surface area contributed by atoms with Crippen molar-refractivity contribution in [2.75, 3.05) is 14.2 Å². The first-order chi connectivity index (χ1) is 12.4. The minimum atomic E-state index is -0.926. The number of hydrogen-bond donors (Lipinski definition) is 0. The van der Waals surface area contributed by atoms with E-state index in [1.165, 1.54) is 11.0 Å². The number of rotatable bonds is 5. The van der Waals surface area contributed by atoms with Crippen molar-refractivity contribution >= 4 is 16.9 Å². The first kappa shape index (κ1) is 17.9. The van der Waals surface area contributed by atoms with Crippen molar-refractivity contribution in [3.8, 4) is 5.75 Å². The molecule has 3 rings (SSSR count). The maximum absolute atomic E-state index is 13.4. The summed E-state index contributed by atoms with van der Waals surface area (Å²) in [5.74, 6) is -1.31.